The fourth-order valence-corrected chi connectivity index (χ4v) is 5.38. The lowest BCUT2D eigenvalue weighted by molar-refractivity contribution is -0.122. The van der Waals surface area contributed by atoms with Crippen molar-refractivity contribution in [2.24, 2.45) is 0 Å². The van der Waals surface area contributed by atoms with E-state index in [1.54, 1.807) is 12.0 Å². The van der Waals surface area contributed by atoms with Gasteiger partial charge in [0.05, 0.1) is 12.5 Å². The van der Waals surface area contributed by atoms with Crippen LogP contribution in [-0.2, 0) is 10.2 Å². The molecule has 2 aliphatic heterocycles. The zero-order valence-electron chi connectivity index (χ0n) is 16.6. The molecule has 1 saturated heterocycles. The van der Waals surface area contributed by atoms with Crippen molar-refractivity contribution < 1.29 is 19.4 Å². The van der Waals surface area contributed by atoms with E-state index in [4.69, 9.17) is 4.74 Å². The zero-order chi connectivity index (χ0) is 19.9. The molecular weight excluding hydrogens is 358 g/mol. The minimum absolute atomic E-state index is 0.0816. The molecule has 0 aromatic heterocycles. The molecule has 2 N–H and O–H groups in total. The van der Waals surface area contributed by atoms with Crippen LogP contribution in [0.25, 0.3) is 0 Å². The van der Waals surface area contributed by atoms with E-state index in [2.05, 4.69) is 10.2 Å². The fourth-order valence-electron chi connectivity index (χ4n) is 5.38. The van der Waals surface area contributed by atoms with E-state index in [9.17, 15) is 14.7 Å². The number of amides is 2. The number of benzene rings is 1. The van der Waals surface area contributed by atoms with Crippen LogP contribution in [-0.4, -0.2) is 65.7 Å². The van der Waals surface area contributed by atoms with Gasteiger partial charge in [0.15, 0.2) is 0 Å². The number of carboxylic acid groups (broad SMARTS) is 1. The molecule has 1 aromatic carbocycles. The molecule has 2 fully saturated rings. The zero-order valence-corrected chi connectivity index (χ0v) is 16.6. The number of carbonyl (C=O) groups is 2. The Balaban J connectivity index is 1.45. The van der Waals surface area contributed by atoms with E-state index >= 15 is 0 Å². The Morgan fingerprint density at radius 1 is 1.36 bits per heavy atom. The summed E-state index contributed by atoms with van der Waals surface area (Å²) in [7, 11) is 1.65. The van der Waals surface area contributed by atoms with E-state index in [0.29, 0.717) is 12.6 Å². The fraction of sp³-hybridized carbons (Fsp3) is 0.619. The lowest BCUT2D eigenvalue weighted by atomic mass is 9.68. The molecule has 7 heteroatoms. The largest absolute Gasteiger partial charge is 0.497 e. The van der Waals surface area contributed by atoms with Gasteiger partial charge in [0.25, 0.3) is 0 Å². The summed E-state index contributed by atoms with van der Waals surface area (Å²) in [6.07, 6.45) is 3.61. The molecule has 7 nitrogen and oxygen atoms in total. The van der Waals surface area contributed by atoms with Crippen LogP contribution in [0.1, 0.15) is 44.6 Å². The molecule has 152 valence electrons. The van der Waals surface area contributed by atoms with Crippen LogP contribution >= 0.6 is 0 Å². The van der Waals surface area contributed by atoms with Gasteiger partial charge in [-0.3, -0.25) is 9.69 Å². The summed E-state index contributed by atoms with van der Waals surface area (Å²) in [6.45, 7) is 4.16. The summed E-state index contributed by atoms with van der Waals surface area (Å²) >= 11 is 0. The lowest BCUT2D eigenvalue weighted by Gasteiger charge is -2.39. The van der Waals surface area contributed by atoms with Crippen molar-refractivity contribution in [2.45, 2.75) is 56.5 Å². The number of ether oxygens (including phenoxy) is 1. The van der Waals surface area contributed by atoms with Gasteiger partial charge in [-0.2, -0.15) is 0 Å². The van der Waals surface area contributed by atoms with Crippen LogP contribution in [0.2, 0.25) is 0 Å². The number of hydrogen-bond donors (Lipinski definition) is 2. The first-order chi connectivity index (χ1) is 13.5. The molecule has 1 aliphatic carbocycles. The Labute approximate surface area is 165 Å². The van der Waals surface area contributed by atoms with E-state index in [1.807, 2.05) is 25.1 Å². The van der Waals surface area contributed by atoms with E-state index in [1.165, 1.54) is 0 Å². The van der Waals surface area contributed by atoms with Gasteiger partial charge in [-0.25, -0.2) is 4.79 Å². The second-order valence-electron chi connectivity index (χ2n) is 8.18. The minimum Gasteiger partial charge on any atom is -0.497 e. The minimum atomic E-state index is -0.829. The number of methoxy groups -OCH3 is 1. The first kappa shape index (κ1) is 19.1. The number of nitrogens with zero attached hydrogens (tertiary/aromatic N) is 2. The number of likely N-dealkylation sites (tertiary alicyclic amines) is 1. The topological polar surface area (TPSA) is 82.1 Å². The molecule has 0 bridgehead atoms. The molecule has 1 aromatic rings. The molecule has 28 heavy (non-hydrogen) atoms. The molecule has 0 radical (unpaired) electrons. The number of anilines is 1. The Morgan fingerprint density at radius 3 is 2.75 bits per heavy atom. The first-order valence-corrected chi connectivity index (χ1v) is 10.2. The van der Waals surface area contributed by atoms with Crippen LogP contribution in [0, 0.1) is 0 Å². The first-order valence-electron chi connectivity index (χ1n) is 10.2. The second kappa shape index (κ2) is 7.28. The maximum Gasteiger partial charge on any atom is 0.407 e. The molecule has 1 spiro atoms. The van der Waals surface area contributed by atoms with Gasteiger partial charge in [0.2, 0.25) is 5.91 Å². The second-order valence-corrected chi connectivity index (χ2v) is 8.18. The molecule has 3 aliphatic rings. The molecule has 2 heterocycles. The summed E-state index contributed by atoms with van der Waals surface area (Å²) in [4.78, 5) is 28.3. The van der Waals surface area contributed by atoms with Crippen molar-refractivity contribution in [2.75, 3.05) is 32.1 Å². The summed E-state index contributed by atoms with van der Waals surface area (Å²) in [5.74, 6) is 0.893. The van der Waals surface area contributed by atoms with Crippen LogP contribution in [0.5, 0.6) is 5.75 Å². The van der Waals surface area contributed by atoms with Crippen LogP contribution < -0.4 is 10.1 Å². The van der Waals surface area contributed by atoms with Gasteiger partial charge in [0, 0.05) is 37.4 Å². The highest BCUT2D eigenvalue weighted by Crippen LogP contribution is 2.49. The van der Waals surface area contributed by atoms with E-state index in [-0.39, 0.29) is 11.9 Å². The Hall–Kier alpha value is -2.28. The monoisotopic (exact) mass is 387 g/mol. The molecular formula is C21H29N3O4. The van der Waals surface area contributed by atoms with Gasteiger partial charge >= 0.3 is 6.09 Å². The van der Waals surface area contributed by atoms with Crippen LogP contribution in [0.3, 0.4) is 0 Å². The Kier molecular flexibility index (Phi) is 4.95. The van der Waals surface area contributed by atoms with Crippen LogP contribution in [0.4, 0.5) is 10.5 Å². The van der Waals surface area contributed by atoms with Crippen molar-refractivity contribution in [3.8, 4) is 5.75 Å². The average Bonchev–Trinajstić information content (AvgIpc) is 3.27. The summed E-state index contributed by atoms with van der Waals surface area (Å²) < 4.78 is 5.38. The lowest BCUT2D eigenvalue weighted by Crippen LogP contribution is -2.46. The highest BCUT2D eigenvalue weighted by atomic mass is 16.5. The number of hydrogen-bond acceptors (Lipinski definition) is 4. The molecule has 1 saturated carbocycles. The van der Waals surface area contributed by atoms with Gasteiger partial charge in [-0.1, -0.05) is 0 Å². The molecule has 4 rings (SSSR count). The third-order valence-electron chi connectivity index (χ3n) is 6.97. The third kappa shape index (κ3) is 3.02. The molecule has 2 amide bonds. The van der Waals surface area contributed by atoms with Crippen molar-refractivity contribution in [1.82, 2.24) is 9.80 Å². The average molecular weight is 387 g/mol. The predicted molar refractivity (Wildman–Crippen MR) is 106 cm³/mol. The number of fused-ring (bicyclic) bond motifs is 2. The number of rotatable bonds is 4. The summed E-state index contributed by atoms with van der Waals surface area (Å²) in [5, 5.41) is 12.4. The van der Waals surface area contributed by atoms with Gasteiger partial charge in [0.1, 0.15) is 5.75 Å². The standard InChI is InChI=1S/C21H29N3O4/c1-3-24(20(26)27)15-8-11-23(13-15)14-6-9-21(10-7-14)17-12-16(28-2)4-5-18(17)22-19(21)25/h4-5,12,14-15H,3,6-11,13H2,1-2H3,(H,22,25)(H,26,27)/t14?,15-,21?/m0/s1. The maximum atomic E-state index is 12.9. The van der Waals surface area contributed by atoms with Gasteiger partial charge < -0.3 is 20.1 Å². The highest BCUT2D eigenvalue weighted by Gasteiger charge is 2.50. The smallest absolute Gasteiger partial charge is 0.407 e. The van der Waals surface area contributed by atoms with Crippen molar-refractivity contribution in [3.05, 3.63) is 23.8 Å². The Morgan fingerprint density at radius 2 is 2.11 bits per heavy atom. The SMILES string of the molecule is CCN(C(=O)O)[C@H]1CCN(C2CCC3(CC2)C(=O)Nc2ccc(OC)cc23)C1. The van der Waals surface area contributed by atoms with Crippen molar-refractivity contribution in [3.63, 3.8) is 0 Å². The molecule has 0 unspecified atom stereocenters. The molecule has 1 atom stereocenters. The highest BCUT2D eigenvalue weighted by molar-refractivity contribution is 6.06. The Bertz CT molecular complexity index is 773. The predicted octanol–water partition coefficient (Wildman–Crippen LogP) is 2.90. The summed E-state index contributed by atoms with van der Waals surface area (Å²) in [6, 6.07) is 6.33. The van der Waals surface area contributed by atoms with Crippen molar-refractivity contribution >= 4 is 17.7 Å². The van der Waals surface area contributed by atoms with E-state index in [0.717, 1.165) is 62.2 Å². The van der Waals surface area contributed by atoms with E-state index < -0.39 is 11.5 Å². The van der Waals surface area contributed by atoms with Crippen molar-refractivity contribution in [1.29, 1.82) is 0 Å². The van der Waals surface area contributed by atoms with Crippen LogP contribution in [0.15, 0.2) is 18.2 Å². The number of likely N-dealkylation sites (N-methyl/N-ethyl adjacent to an activating group) is 1. The maximum absolute atomic E-state index is 12.9. The number of nitrogens with one attached hydrogen (secondary N) is 1. The van der Waals surface area contributed by atoms with Gasteiger partial charge in [-0.15, -0.1) is 0 Å². The third-order valence-corrected chi connectivity index (χ3v) is 6.97. The quantitative estimate of drug-likeness (QED) is 0.830. The normalized spacial score (nSPS) is 29.6. The van der Waals surface area contributed by atoms with Gasteiger partial charge in [-0.05, 0) is 62.8 Å². The summed E-state index contributed by atoms with van der Waals surface area (Å²) in [5.41, 5.74) is 1.53. The number of carbonyl (C=O) groups excluding carboxylic acids is 1.